The van der Waals surface area contributed by atoms with Gasteiger partial charge in [-0.15, -0.1) is 5.10 Å². The summed E-state index contributed by atoms with van der Waals surface area (Å²) in [5, 5.41) is 4.61. The van der Waals surface area contributed by atoms with Crippen molar-refractivity contribution in [1.82, 2.24) is 14.8 Å². The van der Waals surface area contributed by atoms with E-state index in [1.165, 1.54) is 5.56 Å². The minimum Gasteiger partial charge on any atom is -0.477 e. The van der Waals surface area contributed by atoms with E-state index in [4.69, 9.17) is 4.74 Å². The van der Waals surface area contributed by atoms with E-state index in [-0.39, 0.29) is 0 Å². The third kappa shape index (κ3) is 3.45. The number of hydrogen-bond donors (Lipinski definition) is 0. The van der Waals surface area contributed by atoms with Crippen LogP contribution in [0.1, 0.15) is 23.7 Å². The second kappa shape index (κ2) is 6.96. The number of rotatable bonds is 5. The maximum absolute atomic E-state index is 5.75. The van der Waals surface area contributed by atoms with Crippen LogP contribution in [0, 0.1) is 6.92 Å². The molecule has 2 heterocycles. The molecule has 0 radical (unpaired) electrons. The molecule has 0 N–H and O–H groups in total. The molecule has 0 spiro atoms. The average molecular weight is 372 g/mol. The highest BCUT2D eigenvalue weighted by molar-refractivity contribution is 9.10. The van der Waals surface area contributed by atoms with Crippen LogP contribution in [0.4, 0.5) is 0 Å². The van der Waals surface area contributed by atoms with Crippen molar-refractivity contribution in [2.45, 2.75) is 20.3 Å². The lowest BCUT2D eigenvalue weighted by Gasteiger charge is -2.05. The van der Waals surface area contributed by atoms with Crippen molar-refractivity contribution in [3.63, 3.8) is 0 Å². The zero-order valence-corrected chi connectivity index (χ0v) is 14.7. The van der Waals surface area contributed by atoms with Gasteiger partial charge in [-0.05, 0) is 47.5 Å². The number of halogens is 1. The molecule has 0 aliphatic carbocycles. The van der Waals surface area contributed by atoms with E-state index in [1.54, 1.807) is 6.20 Å². The number of aromatic nitrogens is 3. The first-order valence-corrected chi connectivity index (χ1v) is 8.35. The molecule has 118 valence electrons. The van der Waals surface area contributed by atoms with Gasteiger partial charge in [0.1, 0.15) is 0 Å². The van der Waals surface area contributed by atoms with E-state index >= 15 is 0 Å². The van der Waals surface area contributed by atoms with Crippen molar-refractivity contribution < 1.29 is 4.74 Å². The van der Waals surface area contributed by atoms with Gasteiger partial charge in [0.25, 0.3) is 0 Å². The van der Waals surface area contributed by atoms with E-state index < -0.39 is 0 Å². The summed E-state index contributed by atoms with van der Waals surface area (Å²) < 4.78 is 8.53. The van der Waals surface area contributed by atoms with Gasteiger partial charge in [-0.1, -0.05) is 30.3 Å². The summed E-state index contributed by atoms with van der Waals surface area (Å²) in [6.07, 6.45) is 2.56. The van der Waals surface area contributed by atoms with E-state index in [2.05, 4.69) is 45.1 Å². The van der Waals surface area contributed by atoms with Crippen LogP contribution in [0.3, 0.4) is 0 Å². The summed E-state index contributed by atoms with van der Waals surface area (Å²) in [7, 11) is 0. The molecule has 3 aromatic rings. The summed E-state index contributed by atoms with van der Waals surface area (Å²) >= 11 is 3.41. The minimum atomic E-state index is 0.589. The number of nitrogens with zero attached hydrogens (tertiary/aromatic N) is 3. The quantitative estimate of drug-likeness (QED) is 0.669. The van der Waals surface area contributed by atoms with E-state index in [1.807, 2.05) is 41.9 Å². The van der Waals surface area contributed by atoms with E-state index in [9.17, 15) is 0 Å². The smallest absolute Gasteiger partial charge is 0.237 e. The van der Waals surface area contributed by atoms with Gasteiger partial charge in [-0.3, -0.25) is 0 Å². The second-order valence-corrected chi connectivity index (χ2v) is 6.13. The third-order valence-corrected chi connectivity index (χ3v) is 4.11. The van der Waals surface area contributed by atoms with Crippen LogP contribution in [-0.4, -0.2) is 21.4 Å². The number of hydrogen-bond acceptors (Lipinski definition) is 3. The van der Waals surface area contributed by atoms with Crippen LogP contribution >= 0.6 is 15.9 Å². The molecule has 0 saturated carbocycles. The summed E-state index contributed by atoms with van der Waals surface area (Å²) in [5.41, 5.74) is 3.38. The standard InChI is InChI=1S/C18H18BrN3O/c1-3-23-18-16(11-14-7-5-4-6-8-14)13(2)22(21-18)17-10-9-15(19)12-20-17/h4-10,12H,3,11H2,1-2H3. The van der Waals surface area contributed by atoms with Crippen molar-refractivity contribution >= 4 is 15.9 Å². The van der Waals surface area contributed by atoms with Crippen LogP contribution in [0.25, 0.3) is 5.82 Å². The van der Waals surface area contributed by atoms with Crippen molar-refractivity contribution in [3.8, 4) is 11.7 Å². The van der Waals surface area contributed by atoms with Crippen LogP contribution in [0.15, 0.2) is 53.1 Å². The van der Waals surface area contributed by atoms with Crippen molar-refractivity contribution in [2.24, 2.45) is 0 Å². The zero-order chi connectivity index (χ0) is 16.2. The Morgan fingerprint density at radius 2 is 1.91 bits per heavy atom. The Kier molecular flexibility index (Phi) is 4.76. The van der Waals surface area contributed by atoms with Crippen molar-refractivity contribution in [2.75, 3.05) is 6.61 Å². The Morgan fingerprint density at radius 1 is 1.13 bits per heavy atom. The molecule has 0 atom stereocenters. The Morgan fingerprint density at radius 3 is 2.57 bits per heavy atom. The maximum Gasteiger partial charge on any atom is 0.237 e. The lowest BCUT2D eigenvalue weighted by Crippen LogP contribution is -2.02. The molecule has 0 aliphatic heterocycles. The first-order chi connectivity index (χ1) is 11.2. The zero-order valence-electron chi connectivity index (χ0n) is 13.2. The number of ether oxygens (including phenoxy) is 1. The molecule has 2 aromatic heterocycles. The van der Waals surface area contributed by atoms with Gasteiger partial charge in [0.05, 0.1) is 12.3 Å². The Bertz CT molecular complexity index is 782. The minimum absolute atomic E-state index is 0.589. The molecule has 0 unspecified atom stereocenters. The Hall–Kier alpha value is -2.14. The monoisotopic (exact) mass is 371 g/mol. The van der Waals surface area contributed by atoms with Crippen LogP contribution < -0.4 is 4.74 Å². The lowest BCUT2D eigenvalue weighted by atomic mass is 10.1. The highest BCUT2D eigenvalue weighted by atomic mass is 79.9. The Balaban J connectivity index is 2.02. The number of benzene rings is 1. The molecule has 0 aliphatic rings. The van der Waals surface area contributed by atoms with Crippen molar-refractivity contribution in [3.05, 3.63) is 70.0 Å². The number of pyridine rings is 1. The van der Waals surface area contributed by atoms with Crippen LogP contribution in [0.5, 0.6) is 5.88 Å². The molecular weight excluding hydrogens is 354 g/mol. The normalized spacial score (nSPS) is 10.7. The molecule has 4 nitrogen and oxygen atoms in total. The predicted molar refractivity (Wildman–Crippen MR) is 94.2 cm³/mol. The molecule has 23 heavy (non-hydrogen) atoms. The van der Waals surface area contributed by atoms with Crippen LogP contribution in [0.2, 0.25) is 0 Å². The SMILES string of the molecule is CCOc1nn(-c2ccc(Br)cn2)c(C)c1Cc1ccccc1. The first-order valence-electron chi connectivity index (χ1n) is 7.56. The van der Waals surface area contributed by atoms with Gasteiger partial charge < -0.3 is 4.74 Å². The molecule has 0 saturated heterocycles. The van der Waals surface area contributed by atoms with Gasteiger partial charge in [-0.25, -0.2) is 9.67 Å². The predicted octanol–water partition coefficient (Wildman–Crippen LogP) is 4.33. The average Bonchev–Trinajstić information content (AvgIpc) is 2.86. The second-order valence-electron chi connectivity index (χ2n) is 5.21. The lowest BCUT2D eigenvalue weighted by molar-refractivity contribution is 0.321. The molecule has 0 bridgehead atoms. The van der Waals surface area contributed by atoms with Gasteiger partial charge in [0, 0.05) is 22.7 Å². The van der Waals surface area contributed by atoms with Crippen molar-refractivity contribution in [1.29, 1.82) is 0 Å². The van der Waals surface area contributed by atoms with Gasteiger partial charge in [0.2, 0.25) is 5.88 Å². The molecule has 0 amide bonds. The molecular formula is C18H18BrN3O. The van der Waals surface area contributed by atoms with Gasteiger partial charge in [-0.2, -0.15) is 0 Å². The Labute approximate surface area is 144 Å². The van der Waals surface area contributed by atoms with E-state index in [0.29, 0.717) is 12.5 Å². The summed E-state index contributed by atoms with van der Waals surface area (Å²) in [4.78, 5) is 4.43. The summed E-state index contributed by atoms with van der Waals surface area (Å²) in [6, 6.07) is 14.2. The largest absolute Gasteiger partial charge is 0.477 e. The van der Waals surface area contributed by atoms with Crippen LogP contribution in [-0.2, 0) is 6.42 Å². The summed E-state index contributed by atoms with van der Waals surface area (Å²) in [5.74, 6) is 1.46. The highest BCUT2D eigenvalue weighted by Gasteiger charge is 2.17. The first kappa shape index (κ1) is 15.7. The fraction of sp³-hybridized carbons (Fsp3) is 0.222. The topological polar surface area (TPSA) is 39.9 Å². The third-order valence-electron chi connectivity index (χ3n) is 3.64. The van der Waals surface area contributed by atoms with Gasteiger partial charge in [0.15, 0.2) is 5.82 Å². The highest BCUT2D eigenvalue weighted by Crippen LogP contribution is 2.26. The maximum atomic E-state index is 5.75. The molecule has 5 heteroatoms. The molecule has 3 rings (SSSR count). The van der Waals surface area contributed by atoms with E-state index in [0.717, 1.165) is 28.0 Å². The fourth-order valence-electron chi connectivity index (χ4n) is 2.48. The molecule has 1 aromatic carbocycles. The summed E-state index contributed by atoms with van der Waals surface area (Å²) in [6.45, 7) is 4.61. The fourth-order valence-corrected chi connectivity index (χ4v) is 2.72. The van der Waals surface area contributed by atoms with Gasteiger partial charge >= 0.3 is 0 Å². The molecule has 0 fully saturated rings.